The Labute approximate surface area is 120 Å². The summed E-state index contributed by atoms with van der Waals surface area (Å²) in [7, 11) is 1.67. The van der Waals surface area contributed by atoms with Crippen LogP contribution in [0.15, 0.2) is 24.3 Å². The van der Waals surface area contributed by atoms with Gasteiger partial charge in [-0.15, -0.1) is 0 Å². The molecule has 1 heterocycles. The zero-order valence-electron chi connectivity index (χ0n) is 11.7. The molecule has 1 unspecified atom stereocenters. The Morgan fingerprint density at radius 1 is 1.26 bits per heavy atom. The van der Waals surface area contributed by atoms with E-state index in [0.29, 0.717) is 6.04 Å². The van der Waals surface area contributed by atoms with Crippen LogP contribution in [0.25, 0.3) is 0 Å². The van der Waals surface area contributed by atoms with E-state index < -0.39 is 0 Å². The Hall–Kier alpha value is -1.29. The summed E-state index contributed by atoms with van der Waals surface area (Å²) in [6, 6.07) is 8.40. The quantitative estimate of drug-likeness (QED) is 0.835. The number of hydrogen-bond acceptors (Lipinski definition) is 2. The van der Waals surface area contributed by atoms with Crippen molar-refractivity contribution in [1.82, 2.24) is 4.90 Å². The Bertz CT molecular complexity index is 419. The highest BCUT2D eigenvalue weighted by molar-refractivity contribution is 7.80. The van der Waals surface area contributed by atoms with Gasteiger partial charge in [0.2, 0.25) is 0 Å². The average Bonchev–Trinajstić information content (AvgIpc) is 2.64. The van der Waals surface area contributed by atoms with Gasteiger partial charge in [0.15, 0.2) is 5.11 Å². The van der Waals surface area contributed by atoms with E-state index in [2.05, 4.69) is 17.1 Å². The lowest BCUT2D eigenvalue weighted by Crippen LogP contribution is -2.40. The van der Waals surface area contributed by atoms with Crippen molar-refractivity contribution in [2.75, 3.05) is 19.0 Å². The highest BCUT2D eigenvalue weighted by atomic mass is 32.1. The molecule has 1 aromatic carbocycles. The Kier molecular flexibility index (Phi) is 5.02. The standard InChI is InChI=1S/C15H22N2OS/c1-12-6-4-3-5-11-17(12)15(19)16-13-7-9-14(18-2)10-8-13/h7-10,12H,3-6,11H2,1-2H3,(H,16,19). The maximum absolute atomic E-state index is 5.54. The molecule has 1 atom stereocenters. The molecule has 1 N–H and O–H groups in total. The zero-order valence-corrected chi connectivity index (χ0v) is 12.5. The molecule has 0 aromatic heterocycles. The first kappa shape index (κ1) is 14.1. The van der Waals surface area contributed by atoms with Gasteiger partial charge in [-0.3, -0.25) is 0 Å². The van der Waals surface area contributed by atoms with Crippen LogP contribution in [0, 0.1) is 0 Å². The molecule has 0 amide bonds. The third-order valence-corrected chi connectivity index (χ3v) is 3.99. The van der Waals surface area contributed by atoms with Gasteiger partial charge in [-0.25, -0.2) is 0 Å². The van der Waals surface area contributed by atoms with Gasteiger partial charge in [0.05, 0.1) is 7.11 Å². The van der Waals surface area contributed by atoms with Crippen molar-refractivity contribution >= 4 is 23.0 Å². The number of ether oxygens (including phenoxy) is 1. The predicted octanol–water partition coefficient (Wildman–Crippen LogP) is 3.66. The highest BCUT2D eigenvalue weighted by Gasteiger charge is 2.19. The maximum Gasteiger partial charge on any atom is 0.173 e. The van der Waals surface area contributed by atoms with Crippen molar-refractivity contribution in [3.8, 4) is 5.75 Å². The van der Waals surface area contributed by atoms with Crippen LogP contribution in [0.4, 0.5) is 5.69 Å². The minimum atomic E-state index is 0.528. The number of nitrogens with zero attached hydrogens (tertiary/aromatic N) is 1. The second kappa shape index (κ2) is 6.75. The highest BCUT2D eigenvalue weighted by Crippen LogP contribution is 2.19. The van der Waals surface area contributed by atoms with Gasteiger partial charge in [-0.1, -0.05) is 12.8 Å². The van der Waals surface area contributed by atoms with E-state index >= 15 is 0 Å². The van der Waals surface area contributed by atoms with E-state index in [1.165, 1.54) is 25.7 Å². The number of nitrogens with one attached hydrogen (secondary N) is 1. The number of thiocarbonyl (C=S) groups is 1. The predicted molar refractivity (Wildman–Crippen MR) is 83.9 cm³/mol. The van der Waals surface area contributed by atoms with Gasteiger partial charge in [-0.2, -0.15) is 0 Å². The van der Waals surface area contributed by atoms with Crippen LogP contribution < -0.4 is 10.1 Å². The fourth-order valence-electron chi connectivity index (χ4n) is 2.45. The average molecular weight is 278 g/mol. The van der Waals surface area contributed by atoms with Gasteiger partial charge in [0.25, 0.3) is 0 Å². The molecule has 1 fully saturated rings. The fourth-order valence-corrected chi connectivity index (χ4v) is 2.84. The van der Waals surface area contributed by atoms with Gasteiger partial charge in [0.1, 0.15) is 5.75 Å². The summed E-state index contributed by atoms with van der Waals surface area (Å²) in [5, 5.41) is 4.16. The van der Waals surface area contributed by atoms with E-state index in [-0.39, 0.29) is 0 Å². The minimum Gasteiger partial charge on any atom is -0.497 e. The largest absolute Gasteiger partial charge is 0.497 e. The first-order valence-corrected chi connectivity index (χ1v) is 7.33. The summed E-state index contributed by atoms with van der Waals surface area (Å²) < 4.78 is 5.15. The smallest absolute Gasteiger partial charge is 0.173 e. The summed E-state index contributed by atoms with van der Waals surface area (Å²) in [5.74, 6) is 0.861. The number of hydrogen-bond donors (Lipinski definition) is 1. The van der Waals surface area contributed by atoms with Crippen molar-refractivity contribution in [3.63, 3.8) is 0 Å². The molecule has 1 aliphatic heterocycles. The third kappa shape index (κ3) is 3.83. The summed E-state index contributed by atoms with van der Waals surface area (Å²) in [5.41, 5.74) is 1.02. The molecule has 0 saturated carbocycles. The van der Waals surface area contributed by atoms with Gasteiger partial charge in [-0.05, 0) is 56.2 Å². The maximum atomic E-state index is 5.54. The molecule has 1 aliphatic rings. The number of methoxy groups -OCH3 is 1. The monoisotopic (exact) mass is 278 g/mol. The fraction of sp³-hybridized carbons (Fsp3) is 0.533. The van der Waals surface area contributed by atoms with Gasteiger partial charge in [0, 0.05) is 18.3 Å². The van der Waals surface area contributed by atoms with Crippen molar-refractivity contribution in [2.24, 2.45) is 0 Å². The number of rotatable bonds is 2. The normalized spacial score (nSPS) is 19.7. The Morgan fingerprint density at radius 3 is 2.68 bits per heavy atom. The molecular formula is C15H22N2OS. The van der Waals surface area contributed by atoms with Crippen LogP contribution in [-0.2, 0) is 0 Å². The van der Waals surface area contributed by atoms with Crippen LogP contribution in [-0.4, -0.2) is 29.7 Å². The van der Waals surface area contributed by atoms with Crippen molar-refractivity contribution in [3.05, 3.63) is 24.3 Å². The number of benzene rings is 1. The lowest BCUT2D eigenvalue weighted by Gasteiger charge is -2.30. The number of anilines is 1. The van der Waals surface area contributed by atoms with E-state index in [1.807, 2.05) is 24.3 Å². The van der Waals surface area contributed by atoms with Crippen LogP contribution in [0.5, 0.6) is 5.75 Å². The number of likely N-dealkylation sites (tertiary alicyclic amines) is 1. The lowest BCUT2D eigenvalue weighted by atomic mass is 10.1. The molecule has 1 aromatic rings. The molecule has 1 saturated heterocycles. The summed E-state index contributed by atoms with van der Waals surface area (Å²) in [4.78, 5) is 2.31. The molecule has 3 nitrogen and oxygen atoms in total. The molecule has 4 heteroatoms. The molecule has 104 valence electrons. The minimum absolute atomic E-state index is 0.528. The van der Waals surface area contributed by atoms with E-state index in [0.717, 1.165) is 23.1 Å². The van der Waals surface area contributed by atoms with E-state index in [9.17, 15) is 0 Å². The van der Waals surface area contributed by atoms with Crippen LogP contribution in [0.3, 0.4) is 0 Å². The van der Waals surface area contributed by atoms with Gasteiger partial charge >= 0.3 is 0 Å². The third-order valence-electron chi connectivity index (χ3n) is 3.66. The summed E-state index contributed by atoms with van der Waals surface area (Å²) in [6.45, 7) is 3.32. The second-order valence-corrected chi connectivity index (χ2v) is 5.44. The molecular weight excluding hydrogens is 256 g/mol. The molecule has 0 bridgehead atoms. The second-order valence-electron chi connectivity index (χ2n) is 5.05. The SMILES string of the molecule is COc1ccc(NC(=S)N2CCCCCC2C)cc1. The molecule has 0 radical (unpaired) electrons. The molecule has 2 rings (SSSR count). The summed E-state index contributed by atoms with van der Waals surface area (Å²) >= 11 is 5.54. The molecule has 19 heavy (non-hydrogen) atoms. The lowest BCUT2D eigenvalue weighted by molar-refractivity contribution is 0.341. The van der Waals surface area contributed by atoms with Crippen molar-refractivity contribution in [2.45, 2.75) is 38.6 Å². The summed E-state index contributed by atoms with van der Waals surface area (Å²) in [6.07, 6.45) is 5.08. The van der Waals surface area contributed by atoms with Crippen molar-refractivity contribution in [1.29, 1.82) is 0 Å². The van der Waals surface area contributed by atoms with Crippen molar-refractivity contribution < 1.29 is 4.74 Å². The first-order chi connectivity index (χ1) is 9.20. The molecule has 0 aliphatic carbocycles. The topological polar surface area (TPSA) is 24.5 Å². The zero-order chi connectivity index (χ0) is 13.7. The van der Waals surface area contributed by atoms with Crippen LogP contribution >= 0.6 is 12.2 Å². The first-order valence-electron chi connectivity index (χ1n) is 6.92. The molecule has 0 spiro atoms. The van der Waals surface area contributed by atoms with Gasteiger partial charge < -0.3 is 15.0 Å². The van der Waals surface area contributed by atoms with Crippen LogP contribution in [0.2, 0.25) is 0 Å². The Balaban J connectivity index is 1.98. The van der Waals surface area contributed by atoms with E-state index in [4.69, 9.17) is 17.0 Å². The van der Waals surface area contributed by atoms with E-state index in [1.54, 1.807) is 7.11 Å². The Morgan fingerprint density at radius 2 is 2.00 bits per heavy atom. The van der Waals surface area contributed by atoms with Crippen LogP contribution in [0.1, 0.15) is 32.6 Å².